The lowest BCUT2D eigenvalue weighted by Gasteiger charge is -2.52. The lowest BCUT2D eigenvalue weighted by molar-refractivity contribution is -0.00810. The number of hydrogen-bond acceptors (Lipinski definition) is 3. The zero-order valence-electron chi connectivity index (χ0n) is 22.8. The van der Waals surface area contributed by atoms with Crippen LogP contribution < -0.4 is 5.32 Å². The van der Waals surface area contributed by atoms with Gasteiger partial charge in [-0.05, 0) is 91.8 Å². The summed E-state index contributed by atoms with van der Waals surface area (Å²) in [4.78, 5) is 17.4. The predicted molar refractivity (Wildman–Crippen MR) is 152 cm³/mol. The Kier molecular flexibility index (Phi) is 7.41. The van der Waals surface area contributed by atoms with Gasteiger partial charge < -0.3 is 10.4 Å². The Balaban J connectivity index is 1.44. The van der Waals surface area contributed by atoms with Gasteiger partial charge in [-0.1, -0.05) is 68.2 Å². The largest absolute Gasteiger partial charge is 0.378 e. The van der Waals surface area contributed by atoms with Crippen LogP contribution in [0.4, 0.5) is 0 Å². The molecule has 1 amide bonds. The lowest BCUT2D eigenvalue weighted by atomic mass is 9.52. The molecule has 5 rings (SSSR count). The van der Waals surface area contributed by atoms with Gasteiger partial charge in [0.05, 0.1) is 0 Å². The van der Waals surface area contributed by atoms with Crippen molar-refractivity contribution in [3.8, 4) is 11.8 Å². The quantitative estimate of drug-likeness (QED) is 0.421. The summed E-state index contributed by atoms with van der Waals surface area (Å²) in [5, 5.41) is 14.5. The Labute approximate surface area is 226 Å². The molecule has 0 radical (unpaired) electrons. The highest BCUT2D eigenvalue weighted by Gasteiger charge is 2.51. The van der Waals surface area contributed by atoms with Gasteiger partial charge in [0.2, 0.25) is 0 Å². The minimum absolute atomic E-state index is 0.0581. The van der Waals surface area contributed by atoms with Crippen LogP contribution in [0.15, 0.2) is 66.9 Å². The topological polar surface area (TPSA) is 62.2 Å². The Bertz CT molecular complexity index is 1370. The smallest absolute Gasteiger partial charge is 0.251 e. The standard InChI is InChI=1S/C34H38N2O2/c1-24(2)15-16-33(38)17-18-34(21-26-8-5-4-6-9-26)30(22-33)13-11-27-20-28(12-14-31(27)34)32(37)36-23-29-10-7-19-35-25(29)3/h4-10,12,14,19-20,24,30,38H,11,13,17-18,21-23H2,1-3H3,(H,36,37)/t30-,33-,34+/m1/s1. The molecule has 1 heterocycles. The average molecular weight is 507 g/mol. The fraction of sp³-hybridized carbons (Fsp3) is 0.412. The molecule has 38 heavy (non-hydrogen) atoms. The Morgan fingerprint density at radius 3 is 2.71 bits per heavy atom. The number of nitrogens with one attached hydrogen (secondary N) is 1. The van der Waals surface area contributed by atoms with E-state index in [1.807, 2.05) is 25.1 Å². The zero-order chi connectivity index (χ0) is 26.8. The van der Waals surface area contributed by atoms with Crippen LogP contribution in [0.2, 0.25) is 0 Å². The van der Waals surface area contributed by atoms with Crippen molar-refractivity contribution in [1.29, 1.82) is 0 Å². The fourth-order valence-electron chi connectivity index (χ4n) is 6.49. The molecule has 0 bridgehead atoms. The van der Waals surface area contributed by atoms with Crippen LogP contribution in [0.1, 0.15) is 77.8 Å². The highest BCUT2D eigenvalue weighted by molar-refractivity contribution is 5.94. The molecule has 1 aromatic heterocycles. The Morgan fingerprint density at radius 1 is 1.13 bits per heavy atom. The second-order valence-electron chi connectivity index (χ2n) is 11.5. The van der Waals surface area contributed by atoms with Gasteiger partial charge in [-0.15, -0.1) is 0 Å². The first-order chi connectivity index (χ1) is 18.3. The summed E-state index contributed by atoms with van der Waals surface area (Å²) in [7, 11) is 0. The monoisotopic (exact) mass is 506 g/mol. The van der Waals surface area contributed by atoms with Crippen molar-refractivity contribution in [2.75, 3.05) is 0 Å². The maximum atomic E-state index is 13.1. The molecule has 2 aromatic carbocycles. The summed E-state index contributed by atoms with van der Waals surface area (Å²) in [6, 6.07) is 20.9. The molecule has 1 fully saturated rings. The number of pyridine rings is 1. The highest BCUT2D eigenvalue weighted by atomic mass is 16.3. The van der Waals surface area contributed by atoms with E-state index >= 15 is 0 Å². The van der Waals surface area contributed by atoms with E-state index in [0.717, 1.165) is 36.9 Å². The number of aromatic nitrogens is 1. The predicted octanol–water partition coefficient (Wildman–Crippen LogP) is 5.94. The van der Waals surface area contributed by atoms with Crippen LogP contribution in [-0.2, 0) is 24.8 Å². The van der Waals surface area contributed by atoms with E-state index in [0.29, 0.717) is 30.9 Å². The molecule has 1 saturated carbocycles. The number of carbonyl (C=O) groups is 1. The van der Waals surface area contributed by atoms with Crippen molar-refractivity contribution in [2.24, 2.45) is 11.8 Å². The molecule has 196 valence electrons. The van der Waals surface area contributed by atoms with Gasteiger partial charge in [0, 0.05) is 35.3 Å². The van der Waals surface area contributed by atoms with E-state index in [-0.39, 0.29) is 17.2 Å². The molecular weight excluding hydrogens is 468 g/mol. The lowest BCUT2D eigenvalue weighted by Crippen LogP contribution is -2.51. The number of hydrogen-bond donors (Lipinski definition) is 2. The number of carbonyl (C=O) groups excluding carboxylic acids is 1. The zero-order valence-corrected chi connectivity index (χ0v) is 22.8. The van der Waals surface area contributed by atoms with Gasteiger partial charge >= 0.3 is 0 Å². The maximum absolute atomic E-state index is 13.1. The number of amides is 1. The Hall–Kier alpha value is -3.42. The van der Waals surface area contributed by atoms with Crippen molar-refractivity contribution in [1.82, 2.24) is 10.3 Å². The van der Waals surface area contributed by atoms with Crippen LogP contribution >= 0.6 is 0 Å². The van der Waals surface area contributed by atoms with Crippen molar-refractivity contribution >= 4 is 5.91 Å². The maximum Gasteiger partial charge on any atom is 0.251 e. The molecule has 2 N–H and O–H groups in total. The van der Waals surface area contributed by atoms with Crippen LogP contribution in [0.25, 0.3) is 0 Å². The molecule has 0 spiro atoms. The third kappa shape index (κ3) is 5.40. The average Bonchev–Trinajstić information content (AvgIpc) is 2.92. The third-order valence-corrected chi connectivity index (χ3v) is 8.53. The second-order valence-corrected chi connectivity index (χ2v) is 11.5. The van der Waals surface area contributed by atoms with E-state index in [1.165, 1.54) is 16.7 Å². The normalized spacial score (nSPS) is 24.1. The molecule has 0 aliphatic heterocycles. The summed E-state index contributed by atoms with van der Waals surface area (Å²) in [6.07, 6.45) is 6.86. The third-order valence-electron chi connectivity index (χ3n) is 8.53. The number of aliphatic hydroxyl groups is 1. The number of nitrogens with zero attached hydrogens (tertiary/aromatic N) is 1. The fourth-order valence-corrected chi connectivity index (χ4v) is 6.49. The summed E-state index contributed by atoms with van der Waals surface area (Å²) in [5.41, 5.74) is 5.60. The van der Waals surface area contributed by atoms with Crippen molar-refractivity contribution in [3.63, 3.8) is 0 Å². The van der Waals surface area contributed by atoms with Gasteiger partial charge in [0.1, 0.15) is 5.60 Å². The SMILES string of the molecule is Cc1ncccc1CNC(=O)c1ccc2c(c1)CC[C@@H]1C[C@@](O)(C#CC(C)C)CC[C@@]21Cc1ccccc1. The van der Waals surface area contributed by atoms with Crippen LogP contribution in [0, 0.1) is 30.6 Å². The number of aryl methyl sites for hydroxylation is 2. The molecule has 0 unspecified atom stereocenters. The number of benzene rings is 2. The van der Waals surface area contributed by atoms with E-state index < -0.39 is 5.60 Å². The van der Waals surface area contributed by atoms with E-state index in [9.17, 15) is 9.90 Å². The van der Waals surface area contributed by atoms with Gasteiger partial charge in [0.25, 0.3) is 5.91 Å². The first-order valence-corrected chi connectivity index (χ1v) is 13.9. The van der Waals surface area contributed by atoms with Crippen LogP contribution in [0.3, 0.4) is 0 Å². The first kappa shape index (κ1) is 26.2. The summed E-state index contributed by atoms with van der Waals surface area (Å²) in [6.45, 7) is 6.57. The van der Waals surface area contributed by atoms with Gasteiger partial charge in [-0.3, -0.25) is 9.78 Å². The molecule has 3 atom stereocenters. The van der Waals surface area contributed by atoms with Gasteiger partial charge in [-0.25, -0.2) is 0 Å². The first-order valence-electron chi connectivity index (χ1n) is 13.9. The van der Waals surface area contributed by atoms with Crippen molar-refractivity contribution < 1.29 is 9.90 Å². The van der Waals surface area contributed by atoms with Crippen molar-refractivity contribution in [2.45, 2.75) is 76.9 Å². The molecule has 0 saturated heterocycles. The summed E-state index contributed by atoms with van der Waals surface area (Å²) in [5.74, 6) is 6.99. The molecule has 4 heteroatoms. The molecule has 2 aliphatic rings. The molecular formula is C34H38N2O2. The molecule has 3 aromatic rings. The van der Waals surface area contributed by atoms with E-state index in [1.54, 1.807) is 6.20 Å². The van der Waals surface area contributed by atoms with Crippen molar-refractivity contribution in [3.05, 3.63) is 100 Å². The minimum Gasteiger partial charge on any atom is -0.378 e. The van der Waals surface area contributed by atoms with E-state index in [2.05, 4.69) is 78.5 Å². The van der Waals surface area contributed by atoms with Crippen LogP contribution in [0.5, 0.6) is 0 Å². The minimum atomic E-state index is -0.920. The second kappa shape index (κ2) is 10.8. The highest BCUT2D eigenvalue weighted by Crippen LogP contribution is 2.54. The van der Waals surface area contributed by atoms with Gasteiger partial charge in [-0.2, -0.15) is 0 Å². The number of rotatable bonds is 5. The van der Waals surface area contributed by atoms with Gasteiger partial charge in [0.15, 0.2) is 0 Å². The summed E-state index contributed by atoms with van der Waals surface area (Å²) >= 11 is 0. The van der Waals surface area contributed by atoms with E-state index in [4.69, 9.17) is 0 Å². The summed E-state index contributed by atoms with van der Waals surface area (Å²) < 4.78 is 0. The molecule has 2 aliphatic carbocycles. The van der Waals surface area contributed by atoms with Crippen LogP contribution in [-0.4, -0.2) is 21.6 Å². The Morgan fingerprint density at radius 2 is 1.95 bits per heavy atom. The number of fused-ring (bicyclic) bond motifs is 3. The molecule has 4 nitrogen and oxygen atoms in total.